The van der Waals surface area contributed by atoms with Crippen molar-refractivity contribution in [3.8, 4) is 22.5 Å². The smallest absolute Gasteiger partial charge is 0.367 e. The molecule has 17 heteroatoms. The van der Waals surface area contributed by atoms with Crippen molar-refractivity contribution in [3.63, 3.8) is 0 Å². The molecule has 4 aromatic carbocycles. The summed E-state index contributed by atoms with van der Waals surface area (Å²) in [5.74, 6) is -22.6. The highest BCUT2D eigenvalue weighted by Crippen LogP contribution is 2.47. The van der Waals surface area contributed by atoms with Crippen LogP contribution in [0.3, 0.4) is 0 Å². The summed E-state index contributed by atoms with van der Waals surface area (Å²) < 4.78 is 193. The average Bonchev–Trinajstić information content (AvgIpc) is 3.23. The molecule has 5 aromatic rings. The normalized spacial score (nSPS) is 15.9. The molecule has 0 spiro atoms. The second kappa shape index (κ2) is 16.7. The molecule has 2 aliphatic carbocycles. The number of ether oxygens (including phenoxy) is 1. The zero-order valence-electron chi connectivity index (χ0n) is 30.4. The molecule has 0 saturated carbocycles. The Morgan fingerprint density at radius 2 is 1.05 bits per heavy atom. The molecule has 0 atom stereocenters. The summed E-state index contributed by atoms with van der Waals surface area (Å²) in [6.45, 7) is 0. The van der Waals surface area contributed by atoms with E-state index in [1.807, 2.05) is 0 Å². The molecule has 0 radical (unpaired) electrons. The molecule has 60 heavy (non-hydrogen) atoms. The lowest BCUT2D eigenvalue weighted by Crippen LogP contribution is -2.68. The minimum Gasteiger partial charge on any atom is -0.456 e. The number of hydrogen-bond donors (Lipinski definition) is 0. The molecule has 0 saturated heterocycles. The first-order valence-electron chi connectivity index (χ1n) is 17.8. The van der Waals surface area contributed by atoms with Crippen LogP contribution in [0.5, 0.6) is 0 Å². The third-order valence-electron chi connectivity index (χ3n) is 9.93. The van der Waals surface area contributed by atoms with Crippen molar-refractivity contribution in [1.29, 1.82) is 0 Å². The van der Waals surface area contributed by atoms with E-state index in [-0.39, 0.29) is 11.5 Å². The van der Waals surface area contributed by atoms with Crippen molar-refractivity contribution < 1.29 is 81.9 Å². The van der Waals surface area contributed by atoms with Crippen LogP contribution >= 0.6 is 0 Å². The lowest BCUT2D eigenvalue weighted by Gasteiger charge is -2.30. The van der Waals surface area contributed by atoms with Gasteiger partial charge in [-0.05, 0) is 73.0 Å². The highest BCUT2D eigenvalue weighted by Gasteiger charge is 2.39. The van der Waals surface area contributed by atoms with Gasteiger partial charge in [0.1, 0.15) is 11.5 Å². The van der Waals surface area contributed by atoms with Gasteiger partial charge >= 0.3 is 11.5 Å². The molecule has 0 N–H and O–H groups in total. The van der Waals surface area contributed by atoms with Crippen molar-refractivity contribution in [2.45, 2.75) is 38.5 Å². The van der Waals surface area contributed by atoms with Crippen molar-refractivity contribution in [3.05, 3.63) is 176 Å². The maximum absolute atomic E-state index is 15.2. The van der Waals surface area contributed by atoms with Gasteiger partial charge in [-0.1, -0.05) is 60.7 Å². The second-order valence-corrected chi connectivity index (χ2v) is 14.3. The molecule has 6 nitrogen and oxygen atoms in total. The Bertz CT molecular complexity index is 2610. The van der Waals surface area contributed by atoms with E-state index in [1.165, 1.54) is 12.1 Å². The topological polar surface area (TPSA) is 113 Å². The van der Waals surface area contributed by atoms with Crippen LogP contribution in [0.15, 0.2) is 100 Å². The summed E-state index contributed by atoms with van der Waals surface area (Å²) in [5, 5.41) is 0. The van der Waals surface area contributed by atoms with E-state index in [9.17, 15) is 26.3 Å². The van der Waals surface area contributed by atoms with Crippen LogP contribution < -0.4 is 18.6 Å². The molecular formula is C43H25ClF10O6. The molecule has 0 amide bonds. The third kappa shape index (κ3) is 8.08. The summed E-state index contributed by atoms with van der Waals surface area (Å²) in [5.41, 5.74) is 1.55. The number of halogens is 11. The van der Waals surface area contributed by atoms with Crippen LogP contribution in [0.25, 0.3) is 39.4 Å². The lowest BCUT2D eigenvalue weighted by atomic mass is 9.82. The quantitative estimate of drug-likeness (QED) is 0.0763. The summed E-state index contributed by atoms with van der Waals surface area (Å²) in [6.07, 6.45) is 5.45. The summed E-state index contributed by atoms with van der Waals surface area (Å²) in [7, 11) is -4.94. The lowest BCUT2D eigenvalue weighted by molar-refractivity contribution is -2.00. The van der Waals surface area contributed by atoms with Crippen molar-refractivity contribution in [2.75, 3.05) is 0 Å². The van der Waals surface area contributed by atoms with Gasteiger partial charge in [-0.15, -0.1) is 10.2 Å². The van der Waals surface area contributed by atoms with Gasteiger partial charge in [-0.2, -0.15) is 0 Å². The number of rotatable bonds is 5. The second-order valence-electron chi connectivity index (χ2n) is 13.6. The highest BCUT2D eigenvalue weighted by molar-refractivity contribution is 5.89. The van der Waals surface area contributed by atoms with E-state index >= 15 is 17.6 Å². The van der Waals surface area contributed by atoms with Crippen molar-refractivity contribution in [1.82, 2.24) is 0 Å². The van der Waals surface area contributed by atoms with Gasteiger partial charge in [-0.3, -0.25) is 0 Å². The summed E-state index contributed by atoms with van der Waals surface area (Å²) in [6, 6.07) is 18.4. The van der Waals surface area contributed by atoms with Crippen LogP contribution in [0.1, 0.15) is 54.6 Å². The Morgan fingerprint density at radius 1 is 0.567 bits per heavy atom. The number of hydrogen-bond acceptors (Lipinski definition) is 5. The predicted molar refractivity (Wildman–Crippen MR) is 184 cm³/mol. The highest BCUT2D eigenvalue weighted by atomic mass is 35.7. The number of allylic oxidation sites excluding steroid dienone is 6. The standard InChI is InChI=1S/C43H25F10O2.ClHO4/c44-32-30(33(45)37(49)40(52)36(32)48)28-18-26(20-9-3-1-4-10-20)24-15-7-13-22(42(24)54-28)17-23-14-8-16-25-27(21-11-5-2-6-12-21)19-29(55-43(23)25)31-34(46)38(50)41(53)39(51)35(31)47;2-1(3,4)5/h1-6,9-12,17-19H,7-8,13-16H2;(H,2,3,4,5)/q+1;/p-1. The van der Waals surface area contributed by atoms with Crippen molar-refractivity contribution >= 4 is 16.9 Å². The van der Waals surface area contributed by atoms with Gasteiger partial charge < -0.3 is 4.74 Å². The van der Waals surface area contributed by atoms with E-state index in [4.69, 9.17) is 27.8 Å². The van der Waals surface area contributed by atoms with Crippen LogP contribution in [0.4, 0.5) is 43.9 Å². The van der Waals surface area contributed by atoms with E-state index in [0.29, 0.717) is 83.1 Å². The van der Waals surface area contributed by atoms with Gasteiger partial charge in [0, 0.05) is 11.1 Å². The maximum Gasteiger partial charge on any atom is 0.367 e. The fraction of sp³-hybridized carbons (Fsp3) is 0.140. The predicted octanol–water partition coefficient (Wildman–Crippen LogP) is 8.21. The van der Waals surface area contributed by atoms with Gasteiger partial charge in [-0.25, -0.2) is 67.0 Å². The Balaban J connectivity index is 0.00000103. The van der Waals surface area contributed by atoms with Gasteiger partial charge in [0.15, 0.2) is 52.1 Å². The average molecular weight is 863 g/mol. The summed E-state index contributed by atoms with van der Waals surface area (Å²) in [4.78, 5) is 0. The first-order valence-corrected chi connectivity index (χ1v) is 19.0. The fourth-order valence-electron chi connectivity index (χ4n) is 7.36. The Kier molecular flexibility index (Phi) is 11.8. The number of benzene rings is 4. The van der Waals surface area contributed by atoms with Crippen molar-refractivity contribution in [2.24, 2.45) is 0 Å². The minimum atomic E-state index is -4.94. The molecule has 0 bridgehead atoms. The Morgan fingerprint density at radius 3 is 1.60 bits per heavy atom. The summed E-state index contributed by atoms with van der Waals surface area (Å²) >= 11 is 0. The Labute approximate surface area is 335 Å². The van der Waals surface area contributed by atoms with E-state index in [1.54, 1.807) is 66.7 Å². The number of fused-ring (bicyclic) bond motifs is 2. The fourth-order valence-corrected chi connectivity index (χ4v) is 7.36. The molecule has 2 heterocycles. The largest absolute Gasteiger partial charge is 0.456 e. The van der Waals surface area contributed by atoms with Crippen LogP contribution in [0, 0.1) is 68.4 Å². The minimum absolute atomic E-state index is 0.102. The third-order valence-corrected chi connectivity index (χ3v) is 9.93. The molecule has 0 fully saturated rings. The van der Waals surface area contributed by atoms with Gasteiger partial charge in [0.25, 0.3) is 0 Å². The molecule has 1 aliphatic heterocycles. The van der Waals surface area contributed by atoms with Crippen LogP contribution in [-0.2, 0) is 11.2 Å². The van der Waals surface area contributed by atoms with E-state index in [2.05, 4.69) is 0 Å². The first-order chi connectivity index (χ1) is 28.5. The van der Waals surface area contributed by atoms with Crippen LogP contribution in [-0.4, -0.2) is 0 Å². The molecule has 310 valence electrons. The first kappa shape index (κ1) is 42.3. The molecule has 0 unspecified atom stereocenters. The van der Waals surface area contributed by atoms with Gasteiger partial charge in [0.2, 0.25) is 11.6 Å². The molecule has 1 aromatic heterocycles. The monoisotopic (exact) mass is 862 g/mol. The zero-order chi connectivity index (χ0) is 43.2. The molecular weight excluding hydrogens is 838 g/mol. The van der Waals surface area contributed by atoms with Crippen LogP contribution in [0.2, 0.25) is 0 Å². The molecule has 8 rings (SSSR count). The maximum atomic E-state index is 15.2. The van der Waals surface area contributed by atoms with Gasteiger partial charge in [0.05, 0.1) is 22.8 Å². The van der Waals surface area contributed by atoms with E-state index in [0.717, 1.165) is 0 Å². The zero-order valence-corrected chi connectivity index (χ0v) is 31.1. The van der Waals surface area contributed by atoms with E-state index < -0.39 is 91.1 Å². The molecule has 3 aliphatic rings. The Hall–Kier alpha value is -5.78. The SMILES string of the molecule is Fc1c(F)c(F)c(C2=CC(c3ccccc3)=C3CCCC(/C=C4\CCCc5c(-c6ccccc6)cc(-c6c(F)c(F)c(F)c(F)c6F)[o+]c54)=C3O2)c(F)c1F.[O-][Cl+3]([O-])([O-])[O-].